The molecule has 0 radical (unpaired) electrons. The van der Waals surface area contributed by atoms with Gasteiger partial charge in [-0.1, -0.05) is 18.2 Å². The van der Waals surface area contributed by atoms with Crippen LogP contribution in [0, 0.1) is 11.7 Å². The number of nitrogen functional groups attached to an aromatic ring is 1. The Morgan fingerprint density at radius 1 is 1.30 bits per heavy atom. The molecule has 30 heavy (non-hydrogen) atoms. The van der Waals surface area contributed by atoms with Gasteiger partial charge in [0.1, 0.15) is 11.6 Å². The predicted molar refractivity (Wildman–Crippen MR) is 115 cm³/mol. The maximum absolute atomic E-state index is 13.8. The van der Waals surface area contributed by atoms with Gasteiger partial charge in [0.15, 0.2) is 0 Å². The summed E-state index contributed by atoms with van der Waals surface area (Å²) >= 11 is 0. The van der Waals surface area contributed by atoms with Crippen LogP contribution in [0.4, 0.5) is 10.1 Å². The molecule has 7 heteroatoms. The largest absolute Gasteiger partial charge is 0.496 e. The Morgan fingerprint density at radius 2 is 2.00 bits per heavy atom. The quantitative estimate of drug-likeness (QED) is 0.576. The second-order valence-electron chi connectivity index (χ2n) is 7.93. The number of benzene rings is 2. The first kappa shape index (κ1) is 22.1. The van der Waals surface area contributed by atoms with E-state index >= 15 is 0 Å². The molecule has 2 aromatic carbocycles. The summed E-state index contributed by atoms with van der Waals surface area (Å²) in [4.78, 5) is 13.8. The Kier molecular flexibility index (Phi) is 7.29. The molecule has 2 aromatic rings. The van der Waals surface area contributed by atoms with Crippen LogP contribution in [0.1, 0.15) is 46.9 Å². The van der Waals surface area contributed by atoms with Crippen LogP contribution >= 0.6 is 0 Å². The minimum atomic E-state index is -0.792. The van der Waals surface area contributed by atoms with Gasteiger partial charge in [-0.2, -0.15) is 0 Å². The van der Waals surface area contributed by atoms with Gasteiger partial charge in [0.05, 0.1) is 18.8 Å². The lowest BCUT2D eigenvalue weighted by Gasteiger charge is -2.32. The minimum Gasteiger partial charge on any atom is -0.496 e. The van der Waals surface area contributed by atoms with E-state index in [1.165, 1.54) is 13.2 Å². The lowest BCUT2D eigenvalue weighted by molar-refractivity contribution is 0.0997. The molecule has 1 aliphatic heterocycles. The minimum absolute atomic E-state index is 0.293. The number of likely N-dealkylation sites (tertiary alicyclic amines) is 1. The van der Waals surface area contributed by atoms with Gasteiger partial charge in [0.25, 0.3) is 5.91 Å². The molecular weight excluding hydrogens is 385 g/mol. The van der Waals surface area contributed by atoms with Crippen molar-refractivity contribution in [1.29, 1.82) is 0 Å². The van der Waals surface area contributed by atoms with E-state index < -0.39 is 12.0 Å². The van der Waals surface area contributed by atoms with E-state index in [4.69, 9.17) is 16.2 Å². The first-order valence-corrected chi connectivity index (χ1v) is 10.3. The van der Waals surface area contributed by atoms with Crippen molar-refractivity contribution < 1.29 is 19.0 Å². The van der Waals surface area contributed by atoms with Crippen molar-refractivity contribution in [3.63, 3.8) is 0 Å². The fourth-order valence-electron chi connectivity index (χ4n) is 4.11. The van der Waals surface area contributed by atoms with Crippen LogP contribution in [-0.2, 0) is 6.42 Å². The highest BCUT2D eigenvalue weighted by Gasteiger charge is 2.22. The standard InChI is InChI=1S/C23H30FN3O3/c1-30-22-13-16(20(25)14-18(22)23(26)29)12-15-6-9-27(10-7-15)11-8-21(28)17-4-2-3-5-19(17)24/h2-5,13-15,21,28H,6-12,25H2,1H3,(H2,26,29). The third-order valence-electron chi connectivity index (χ3n) is 5.93. The number of carbonyl (C=O) groups excluding carboxylic acids is 1. The topological polar surface area (TPSA) is 102 Å². The molecule has 3 rings (SSSR count). The summed E-state index contributed by atoms with van der Waals surface area (Å²) in [5.41, 5.74) is 13.7. The molecule has 162 valence electrons. The highest BCUT2D eigenvalue weighted by Crippen LogP contribution is 2.30. The highest BCUT2D eigenvalue weighted by molar-refractivity contribution is 5.96. The second kappa shape index (κ2) is 9.91. The van der Waals surface area contributed by atoms with Gasteiger partial charge < -0.3 is 26.2 Å². The van der Waals surface area contributed by atoms with Gasteiger partial charge in [-0.3, -0.25) is 4.79 Å². The fraction of sp³-hybridized carbons (Fsp3) is 0.435. The van der Waals surface area contributed by atoms with Crippen LogP contribution in [0.5, 0.6) is 5.75 Å². The number of nitrogens with zero attached hydrogens (tertiary/aromatic N) is 1. The molecule has 1 saturated heterocycles. The molecule has 1 fully saturated rings. The number of hydrogen-bond acceptors (Lipinski definition) is 5. The van der Waals surface area contributed by atoms with Gasteiger partial charge >= 0.3 is 0 Å². The van der Waals surface area contributed by atoms with E-state index in [1.54, 1.807) is 24.3 Å². The van der Waals surface area contributed by atoms with Crippen LogP contribution < -0.4 is 16.2 Å². The molecule has 5 N–H and O–H groups in total. The summed E-state index contributed by atoms with van der Waals surface area (Å²) in [6, 6.07) is 9.78. The summed E-state index contributed by atoms with van der Waals surface area (Å²) in [5, 5.41) is 10.3. The Labute approximate surface area is 176 Å². The Hall–Kier alpha value is -2.64. The average Bonchev–Trinajstić information content (AvgIpc) is 2.74. The maximum atomic E-state index is 13.8. The Balaban J connectivity index is 1.51. The van der Waals surface area contributed by atoms with Crippen LogP contribution in [0.15, 0.2) is 36.4 Å². The van der Waals surface area contributed by atoms with E-state index in [0.717, 1.165) is 44.5 Å². The lowest BCUT2D eigenvalue weighted by Crippen LogP contribution is -2.35. The summed E-state index contributed by atoms with van der Waals surface area (Å²) in [6.07, 6.45) is 2.54. The van der Waals surface area contributed by atoms with Crippen molar-refractivity contribution in [2.45, 2.75) is 31.8 Å². The molecule has 6 nitrogen and oxygen atoms in total. The van der Waals surface area contributed by atoms with Crippen molar-refractivity contribution in [3.05, 3.63) is 58.9 Å². The molecule has 0 bridgehead atoms. The Bertz CT molecular complexity index is 882. The lowest BCUT2D eigenvalue weighted by atomic mass is 9.88. The normalized spacial score (nSPS) is 16.4. The van der Waals surface area contributed by atoms with Gasteiger partial charge in [-0.25, -0.2) is 4.39 Å². The van der Waals surface area contributed by atoms with E-state index in [0.29, 0.717) is 34.9 Å². The van der Waals surface area contributed by atoms with E-state index in [2.05, 4.69) is 4.90 Å². The number of rotatable bonds is 8. The molecular formula is C23H30FN3O3. The molecule has 0 aliphatic carbocycles. The summed E-state index contributed by atoms with van der Waals surface area (Å²) in [6.45, 7) is 2.57. The molecule has 1 unspecified atom stereocenters. The third-order valence-corrected chi connectivity index (χ3v) is 5.93. The van der Waals surface area contributed by atoms with Crippen molar-refractivity contribution in [2.24, 2.45) is 11.7 Å². The van der Waals surface area contributed by atoms with E-state index in [-0.39, 0.29) is 5.82 Å². The first-order chi connectivity index (χ1) is 14.4. The third kappa shape index (κ3) is 5.29. The number of anilines is 1. The zero-order valence-electron chi connectivity index (χ0n) is 17.3. The Morgan fingerprint density at radius 3 is 2.63 bits per heavy atom. The maximum Gasteiger partial charge on any atom is 0.252 e. The number of hydrogen-bond donors (Lipinski definition) is 3. The number of primary amides is 1. The predicted octanol–water partition coefficient (Wildman–Crippen LogP) is 2.89. The second-order valence-corrected chi connectivity index (χ2v) is 7.93. The highest BCUT2D eigenvalue weighted by atomic mass is 19.1. The van der Waals surface area contributed by atoms with E-state index in [1.807, 2.05) is 6.07 Å². The molecule has 1 amide bonds. The number of aliphatic hydroxyl groups is 1. The molecule has 0 spiro atoms. The van der Waals surface area contributed by atoms with Gasteiger partial charge in [-0.05, 0) is 68.5 Å². The molecule has 0 aromatic heterocycles. The zero-order valence-corrected chi connectivity index (χ0v) is 17.3. The zero-order chi connectivity index (χ0) is 21.7. The summed E-state index contributed by atoms with van der Waals surface area (Å²) in [5.74, 6) is 0.00509. The SMILES string of the molecule is COc1cc(CC2CCN(CCC(O)c3ccccc3F)CC2)c(N)cc1C(N)=O. The monoisotopic (exact) mass is 415 g/mol. The molecule has 1 heterocycles. The number of aliphatic hydroxyl groups excluding tert-OH is 1. The first-order valence-electron chi connectivity index (χ1n) is 10.3. The average molecular weight is 416 g/mol. The smallest absolute Gasteiger partial charge is 0.252 e. The summed E-state index contributed by atoms with van der Waals surface area (Å²) in [7, 11) is 1.51. The summed E-state index contributed by atoms with van der Waals surface area (Å²) < 4.78 is 19.1. The molecule has 1 atom stereocenters. The van der Waals surface area contributed by atoms with Crippen molar-refractivity contribution >= 4 is 11.6 Å². The fourth-order valence-corrected chi connectivity index (χ4v) is 4.11. The van der Waals surface area contributed by atoms with Crippen molar-refractivity contribution in [3.8, 4) is 5.75 Å². The van der Waals surface area contributed by atoms with Crippen molar-refractivity contribution in [1.82, 2.24) is 4.90 Å². The molecule has 1 aliphatic rings. The number of nitrogens with two attached hydrogens (primary N) is 2. The van der Waals surface area contributed by atoms with Crippen molar-refractivity contribution in [2.75, 3.05) is 32.5 Å². The number of amides is 1. The van der Waals surface area contributed by atoms with Crippen LogP contribution in [-0.4, -0.2) is 42.7 Å². The number of halogens is 1. The van der Waals surface area contributed by atoms with Gasteiger partial charge in [0, 0.05) is 17.8 Å². The van der Waals surface area contributed by atoms with Crippen LogP contribution in [0.2, 0.25) is 0 Å². The number of carbonyl (C=O) groups is 1. The number of ether oxygens (including phenoxy) is 1. The number of piperidine rings is 1. The number of methoxy groups -OCH3 is 1. The van der Waals surface area contributed by atoms with Gasteiger partial charge in [0.2, 0.25) is 0 Å². The van der Waals surface area contributed by atoms with E-state index in [9.17, 15) is 14.3 Å². The van der Waals surface area contributed by atoms with Gasteiger partial charge in [-0.15, -0.1) is 0 Å². The van der Waals surface area contributed by atoms with Crippen LogP contribution in [0.3, 0.4) is 0 Å². The molecule has 0 saturated carbocycles. The van der Waals surface area contributed by atoms with Crippen LogP contribution in [0.25, 0.3) is 0 Å².